The number of aliphatic hydroxyl groups excluding tert-OH is 1. The van der Waals surface area contributed by atoms with Crippen LogP contribution in [0.4, 0.5) is 0 Å². The Bertz CT molecular complexity index is 221. The van der Waals surface area contributed by atoms with Crippen LogP contribution < -0.4 is 11.5 Å². The number of amides is 1. The fourth-order valence-corrected chi connectivity index (χ4v) is 0.990. The molecule has 0 saturated carbocycles. The van der Waals surface area contributed by atoms with Crippen LogP contribution in [0.1, 0.15) is 12.8 Å². The summed E-state index contributed by atoms with van der Waals surface area (Å²) in [4.78, 5) is 21.7. The van der Waals surface area contributed by atoms with Crippen LogP contribution in [-0.4, -0.2) is 41.5 Å². The summed E-state index contributed by atoms with van der Waals surface area (Å²) in [6.07, 6.45) is -0.500. The molecule has 0 radical (unpaired) electrons. The molecular weight excluding hydrogens is 220 g/mol. The molecule has 0 aliphatic rings. The van der Waals surface area contributed by atoms with Gasteiger partial charge in [-0.15, -0.1) is 0 Å². The molecule has 0 saturated heterocycles. The summed E-state index contributed by atoms with van der Waals surface area (Å²) in [6, 6.07) is -0.897. The zero-order chi connectivity index (χ0) is 11.8. The van der Waals surface area contributed by atoms with Crippen molar-refractivity contribution >= 4 is 24.5 Å². The molecule has 5 N–H and O–H groups in total. The average molecular weight is 236 g/mol. The van der Waals surface area contributed by atoms with Crippen LogP contribution in [0.15, 0.2) is 0 Å². The minimum Gasteiger partial charge on any atom is -0.458 e. The van der Waals surface area contributed by atoms with Gasteiger partial charge in [0.25, 0.3) is 0 Å². The van der Waals surface area contributed by atoms with Gasteiger partial charge in [-0.2, -0.15) is 12.6 Å². The number of aliphatic hydroxyl groups is 1. The van der Waals surface area contributed by atoms with E-state index in [4.69, 9.17) is 21.3 Å². The molecule has 0 aromatic heterocycles. The van der Waals surface area contributed by atoms with E-state index in [1.165, 1.54) is 0 Å². The van der Waals surface area contributed by atoms with E-state index < -0.39 is 24.0 Å². The van der Waals surface area contributed by atoms with Crippen LogP contribution in [-0.2, 0) is 14.3 Å². The van der Waals surface area contributed by atoms with E-state index in [1.807, 2.05) is 0 Å². The number of rotatable bonds is 7. The van der Waals surface area contributed by atoms with Crippen molar-refractivity contribution in [3.05, 3.63) is 0 Å². The van der Waals surface area contributed by atoms with Crippen LogP contribution in [0.2, 0.25) is 0 Å². The Labute approximate surface area is 93.4 Å². The van der Waals surface area contributed by atoms with Crippen molar-refractivity contribution in [2.24, 2.45) is 11.5 Å². The number of hydrogen-bond donors (Lipinski definition) is 4. The van der Waals surface area contributed by atoms with Crippen molar-refractivity contribution in [2.45, 2.75) is 25.0 Å². The molecule has 0 aliphatic carbocycles. The monoisotopic (exact) mass is 236 g/mol. The molecule has 0 bridgehead atoms. The summed E-state index contributed by atoms with van der Waals surface area (Å²) in [6.45, 7) is -0.308. The van der Waals surface area contributed by atoms with E-state index in [0.29, 0.717) is 0 Å². The molecule has 0 aliphatic heterocycles. The number of hydrogen-bond acceptors (Lipinski definition) is 6. The molecular formula is C8H16N2O4S. The first-order chi connectivity index (χ1) is 7.01. The average Bonchev–Trinajstić information content (AvgIpc) is 2.21. The topological polar surface area (TPSA) is 116 Å². The fraction of sp³-hybridized carbons (Fsp3) is 0.750. The SMILES string of the molecule is NC(=O)CC[C@H](N)C(=O)OC(CO)CS. The third-order valence-corrected chi connectivity index (χ3v) is 2.10. The number of nitrogens with two attached hydrogens (primary N) is 2. The Balaban J connectivity index is 3.92. The predicted octanol–water partition coefficient (Wildman–Crippen LogP) is -1.59. The Morgan fingerprint density at radius 1 is 1.47 bits per heavy atom. The van der Waals surface area contributed by atoms with Crippen molar-refractivity contribution in [1.82, 2.24) is 0 Å². The first-order valence-corrected chi connectivity index (χ1v) is 5.10. The summed E-state index contributed by atoms with van der Waals surface area (Å²) < 4.78 is 4.80. The van der Waals surface area contributed by atoms with E-state index in [0.717, 1.165) is 0 Å². The van der Waals surface area contributed by atoms with E-state index in [1.54, 1.807) is 0 Å². The molecule has 15 heavy (non-hydrogen) atoms. The number of esters is 1. The molecule has 88 valence electrons. The summed E-state index contributed by atoms with van der Waals surface area (Å²) in [7, 11) is 0. The lowest BCUT2D eigenvalue weighted by atomic mass is 10.1. The molecule has 7 heteroatoms. The number of carbonyl (C=O) groups excluding carboxylic acids is 2. The fourth-order valence-electron chi connectivity index (χ4n) is 0.800. The molecule has 1 amide bonds. The predicted molar refractivity (Wildman–Crippen MR) is 57.2 cm³/mol. The third-order valence-electron chi connectivity index (χ3n) is 1.69. The Morgan fingerprint density at radius 2 is 2.07 bits per heavy atom. The van der Waals surface area contributed by atoms with Gasteiger partial charge in [0.15, 0.2) is 0 Å². The molecule has 6 nitrogen and oxygen atoms in total. The highest BCUT2D eigenvalue weighted by molar-refractivity contribution is 7.80. The van der Waals surface area contributed by atoms with Crippen molar-refractivity contribution in [3.8, 4) is 0 Å². The van der Waals surface area contributed by atoms with Gasteiger partial charge in [0.1, 0.15) is 12.1 Å². The molecule has 2 atom stereocenters. The van der Waals surface area contributed by atoms with Gasteiger partial charge in [-0.25, -0.2) is 0 Å². The maximum absolute atomic E-state index is 11.2. The van der Waals surface area contributed by atoms with Crippen LogP contribution in [0.25, 0.3) is 0 Å². The van der Waals surface area contributed by atoms with Crippen molar-refractivity contribution in [1.29, 1.82) is 0 Å². The van der Waals surface area contributed by atoms with Gasteiger partial charge in [0.05, 0.1) is 6.61 Å². The summed E-state index contributed by atoms with van der Waals surface area (Å²) in [5.74, 6) is -0.972. The Morgan fingerprint density at radius 3 is 2.47 bits per heavy atom. The third kappa shape index (κ3) is 6.32. The molecule has 0 spiro atoms. The quantitative estimate of drug-likeness (QED) is 0.314. The van der Waals surface area contributed by atoms with Crippen LogP contribution >= 0.6 is 12.6 Å². The Kier molecular flexibility index (Phi) is 7.10. The smallest absolute Gasteiger partial charge is 0.323 e. The van der Waals surface area contributed by atoms with Crippen LogP contribution in [0.3, 0.4) is 0 Å². The minimum atomic E-state index is -0.897. The lowest BCUT2D eigenvalue weighted by Crippen LogP contribution is -2.37. The second kappa shape index (κ2) is 7.49. The Hall–Kier alpha value is -0.790. The maximum atomic E-state index is 11.2. The number of primary amides is 1. The zero-order valence-electron chi connectivity index (χ0n) is 8.26. The molecule has 0 aromatic carbocycles. The highest BCUT2D eigenvalue weighted by Crippen LogP contribution is 2.01. The van der Waals surface area contributed by atoms with E-state index in [2.05, 4.69) is 12.6 Å². The van der Waals surface area contributed by atoms with Gasteiger partial charge in [-0.3, -0.25) is 9.59 Å². The number of carbonyl (C=O) groups is 2. The lowest BCUT2D eigenvalue weighted by Gasteiger charge is -2.16. The molecule has 0 fully saturated rings. The lowest BCUT2D eigenvalue weighted by molar-refractivity contribution is -0.151. The van der Waals surface area contributed by atoms with Crippen molar-refractivity contribution in [2.75, 3.05) is 12.4 Å². The summed E-state index contributed by atoms with van der Waals surface area (Å²) in [5, 5.41) is 8.73. The number of ether oxygens (including phenoxy) is 1. The van der Waals surface area contributed by atoms with Gasteiger partial charge in [-0.1, -0.05) is 0 Å². The van der Waals surface area contributed by atoms with Crippen LogP contribution in [0, 0.1) is 0 Å². The zero-order valence-corrected chi connectivity index (χ0v) is 9.15. The van der Waals surface area contributed by atoms with Crippen LogP contribution in [0.5, 0.6) is 0 Å². The first-order valence-electron chi connectivity index (χ1n) is 4.47. The maximum Gasteiger partial charge on any atom is 0.323 e. The van der Waals surface area contributed by atoms with E-state index >= 15 is 0 Å². The standard InChI is InChI=1S/C8H16N2O4S/c9-6(1-2-7(10)12)8(13)14-5(3-11)4-15/h5-6,11,15H,1-4,9H2,(H2,10,12)/t5?,6-/m0/s1. The number of thiol groups is 1. The van der Waals surface area contributed by atoms with Crippen molar-refractivity contribution < 1.29 is 19.4 Å². The second-order valence-corrected chi connectivity index (χ2v) is 3.40. The van der Waals surface area contributed by atoms with E-state index in [9.17, 15) is 9.59 Å². The molecule has 0 rings (SSSR count). The van der Waals surface area contributed by atoms with E-state index in [-0.39, 0.29) is 25.2 Å². The van der Waals surface area contributed by atoms with Gasteiger partial charge in [0.2, 0.25) is 5.91 Å². The highest BCUT2D eigenvalue weighted by atomic mass is 32.1. The molecule has 0 heterocycles. The molecule has 0 aromatic rings. The highest BCUT2D eigenvalue weighted by Gasteiger charge is 2.19. The van der Waals surface area contributed by atoms with Gasteiger partial charge < -0.3 is 21.3 Å². The van der Waals surface area contributed by atoms with Crippen molar-refractivity contribution in [3.63, 3.8) is 0 Å². The largest absolute Gasteiger partial charge is 0.458 e. The second-order valence-electron chi connectivity index (χ2n) is 3.04. The summed E-state index contributed by atoms with van der Waals surface area (Å²) in [5.41, 5.74) is 10.3. The van der Waals surface area contributed by atoms with Gasteiger partial charge in [-0.05, 0) is 6.42 Å². The first kappa shape index (κ1) is 14.2. The van der Waals surface area contributed by atoms with Gasteiger partial charge >= 0.3 is 5.97 Å². The minimum absolute atomic E-state index is 0.0287. The molecule has 1 unspecified atom stereocenters. The normalized spacial score (nSPS) is 14.3. The van der Waals surface area contributed by atoms with Gasteiger partial charge in [0, 0.05) is 12.2 Å². The summed E-state index contributed by atoms with van der Waals surface area (Å²) >= 11 is 3.87.